The maximum atomic E-state index is 12.4. The molecule has 1 aromatic rings. The van der Waals surface area contributed by atoms with Crippen LogP contribution < -0.4 is 16.4 Å². The van der Waals surface area contributed by atoms with Crippen LogP contribution in [0.15, 0.2) is 30.3 Å². The van der Waals surface area contributed by atoms with E-state index >= 15 is 0 Å². The van der Waals surface area contributed by atoms with Crippen molar-refractivity contribution in [2.45, 2.75) is 52.1 Å². The van der Waals surface area contributed by atoms with Crippen LogP contribution in [0.5, 0.6) is 0 Å². The predicted octanol–water partition coefficient (Wildman–Crippen LogP) is 1.14. The van der Waals surface area contributed by atoms with Gasteiger partial charge in [0.1, 0.15) is 12.1 Å². The fraction of sp³-hybridized carbons (Fsp3) is 0.500. The Hall–Kier alpha value is -2.37. The number of carbonyl (C=O) groups is 3. The van der Waals surface area contributed by atoms with Crippen molar-refractivity contribution >= 4 is 17.7 Å². The molecule has 6 nitrogen and oxygen atoms in total. The molecule has 2 atom stereocenters. The summed E-state index contributed by atoms with van der Waals surface area (Å²) in [6, 6.07) is 8.24. The number of carbonyl (C=O) groups excluding carboxylic acids is 3. The normalized spacial score (nSPS) is 13.2. The van der Waals surface area contributed by atoms with Crippen LogP contribution in [-0.4, -0.2) is 29.8 Å². The van der Waals surface area contributed by atoms with Gasteiger partial charge in [-0.3, -0.25) is 14.4 Å². The van der Waals surface area contributed by atoms with Crippen LogP contribution in [0.2, 0.25) is 0 Å². The number of benzene rings is 1. The molecule has 24 heavy (non-hydrogen) atoms. The van der Waals surface area contributed by atoms with E-state index in [1.54, 1.807) is 0 Å². The first-order chi connectivity index (χ1) is 11.3. The SMILES string of the molecule is CC(=O)N[C@@H](CC(C)C)C(=O)N[C@@H](CCc1ccccc1)C(N)=O. The van der Waals surface area contributed by atoms with Crippen LogP contribution >= 0.6 is 0 Å². The maximum absolute atomic E-state index is 12.4. The minimum Gasteiger partial charge on any atom is -0.368 e. The highest BCUT2D eigenvalue weighted by molar-refractivity contribution is 5.91. The van der Waals surface area contributed by atoms with Crippen molar-refractivity contribution in [3.63, 3.8) is 0 Å². The van der Waals surface area contributed by atoms with E-state index in [2.05, 4.69) is 10.6 Å². The molecular formula is C18H27N3O3. The number of aryl methyl sites for hydroxylation is 1. The summed E-state index contributed by atoms with van der Waals surface area (Å²) in [7, 11) is 0. The zero-order chi connectivity index (χ0) is 18.1. The van der Waals surface area contributed by atoms with Gasteiger partial charge in [-0.2, -0.15) is 0 Å². The Bertz CT molecular complexity index is 558. The Morgan fingerprint density at radius 3 is 2.17 bits per heavy atom. The molecule has 0 aliphatic heterocycles. The Kier molecular flexibility index (Phi) is 7.95. The van der Waals surface area contributed by atoms with E-state index in [0.29, 0.717) is 19.3 Å². The van der Waals surface area contributed by atoms with Crippen LogP contribution in [0.3, 0.4) is 0 Å². The third kappa shape index (κ3) is 7.26. The lowest BCUT2D eigenvalue weighted by atomic mass is 10.0. The smallest absolute Gasteiger partial charge is 0.243 e. The summed E-state index contributed by atoms with van der Waals surface area (Å²) in [6.07, 6.45) is 1.54. The number of primary amides is 1. The zero-order valence-corrected chi connectivity index (χ0v) is 14.5. The molecule has 0 spiro atoms. The van der Waals surface area contributed by atoms with Crippen LogP contribution in [0, 0.1) is 5.92 Å². The molecule has 0 saturated carbocycles. The van der Waals surface area contributed by atoms with Crippen molar-refractivity contribution in [3.8, 4) is 0 Å². The van der Waals surface area contributed by atoms with E-state index in [1.165, 1.54) is 6.92 Å². The molecule has 0 radical (unpaired) electrons. The number of amides is 3. The Morgan fingerprint density at radius 2 is 1.67 bits per heavy atom. The van der Waals surface area contributed by atoms with Crippen molar-refractivity contribution in [1.82, 2.24) is 10.6 Å². The van der Waals surface area contributed by atoms with Crippen molar-refractivity contribution < 1.29 is 14.4 Å². The van der Waals surface area contributed by atoms with Crippen LogP contribution in [0.4, 0.5) is 0 Å². The summed E-state index contributed by atoms with van der Waals surface area (Å²) >= 11 is 0. The molecule has 132 valence electrons. The lowest BCUT2D eigenvalue weighted by molar-refractivity contribution is -0.131. The third-order valence-electron chi connectivity index (χ3n) is 3.63. The van der Waals surface area contributed by atoms with E-state index < -0.39 is 18.0 Å². The predicted molar refractivity (Wildman–Crippen MR) is 92.9 cm³/mol. The first kappa shape index (κ1) is 19.7. The standard InChI is InChI=1S/C18H27N3O3/c1-12(2)11-16(20-13(3)22)18(24)21-15(17(19)23)10-9-14-7-5-4-6-8-14/h4-8,12,15-16H,9-11H2,1-3H3,(H2,19,23)(H,20,22)(H,21,24)/t15-,16-/m0/s1. The molecule has 0 unspecified atom stereocenters. The Morgan fingerprint density at radius 1 is 1.04 bits per heavy atom. The molecule has 0 aliphatic carbocycles. The van der Waals surface area contributed by atoms with Crippen LogP contribution in [0.1, 0.15) is 39.2 Å². The van der Waals surface area contributed by atoms with Gasteiger partial charge in [0, 0.05) is 6.92 Å². The van der Waals surface area contributed by atoms with Crippen LogP contribution in [-0.2, 0) is 20.8 Å². The molecule has 6 heteroatoms. The van der Waals surface area contributed by atoms with E-state index in [0.717, 1.165) is 5.56 Å². The molecule has 1 aromatic carbocycles. The molecule has 1 rings (SSSR count). The lowest BCUT2D eigenvalue weighted by Gasteiger charge is -2.22. The third-order valence-corrected chi connectivity index (χ3v) is 3.63. The summed E-state index contributed by atoms with van der Waals surface area (Å²) in [4.78, 5) is 35.3. The summed E-state index contributed by atoms with van der Waals surface area (Å²) in [5.74, 6) is -1.01. The molecule has 0 heterocycles. The average molecular weight is 333 g/mol. The molecule has 0 bridgehead atoms. The van der Waals surface area contributed by atoms with E-state index in [1.807, 2.05) is 44.2 Å². The highest BCUT2D eigenvalue weighted by Crippen LogP contribution is 2.08. The van der Waals surface area contributed by atoms with Gasteiger partial charge in [-0.25, -0.2) is 0 Å². The molecule has 3 amide bonds. The Balaban J connectivity index is 2.68. The van der Waals surface area contributed by atoms with Gasteiger partial charge < -0.3 is 16.4 Å². The van der Waals surface area contributed by atoms with Crippen molar-refractivity contribution in [2.75, 3.05) is 0 Å². The van der Waals surface area contributed by atoms with Gasteiger partial charge in [0.05, 0.1) is 0 Å². The average Bonchev–Trinajstić information content (AvgIpc) is 2.50. The summed E-state index contributed by atoms with van der Waals surface area (Å²) < 4.78 is 0. The molecule has 0 saturated heterocycles. The van der Waals surface area contributed by atoms with Gasteiger partial charge in [0.15, 0.2) is 0 Å². The molecular weight excluding hydrogens is 306 g/mol. The van der Waals surface area contributed by atoms with Gasteiger partial charge in [0.25, 0.3) is 0 Å². The molecule has 0 aromatic heterocycles. The summed E-state index contributed by atoms with van der Waals surface area (Å²) in [5.41, 5.74) is 6.48. The first-order valence-corrected chi connectivity index (χ1v) is 8.20. The second kappa shape index (κ2) is 9.70. The number of hydrogen-bond acceptors (Lipinski definition) is 3. The van der Waals surface area contributed by atoms with E-state index in [-0.39, 0.29) is 17.7 Å². The topological polar surface area (TPSA) is 101 Å². The Labute approximate surface area is 143 Å². The van der Waals surface area contributed by atoms with Gasteiger partial charge in [-0.15, -0.1) is 0 Å². The second-order valence-corrected chi connectivity index (χ2v) is 6.37. The first-order valence-electron chi connectivity index (χ1n) is 8.20. The zero-order valence-electron chi connectivity index (χ0n) is 14.5. The van der Waals surface area contributed by atoms with E-state index in [4.69, 9.17) is 5.73 Å². The molecule has 0 fully saturated rings. The maximum Gasteiger partial charge on any atom is 0.243 e. The van der Waals surface area contributed by atoms with Crippen molar-refractivity contribution in [1.29, 1.82) is 0 Å². The highest BCUT2D eigenvalue weighted by Gasteiger charge is 2.25. The van der Waals surface area contributed by atoms with Gasteiger partial charge in [0.2, 0.25) is 17.7 Å². The summed E-state index contributed by atoms with van der Waals surface area (Å²) in [6.45, 7) is 5.29. The minimum absolute atomic E-state index is 0.226. The monoisotopic (exact) mass is 333 g/mol. The second-order valence-electron chi connectivity index (χ2n) is 6.37. The van der Waals surface area contributed by atoms with Gasteiger partial charge in [-0.1, -0.05) is 44.2 Å². The molecule has 4 N–H and O–H groups in total. The number of nitrogens with one attached hydrogen (secondary N) is 2. The number of nitrogens with two attached hydrogens (primary N) is 1. The van der Waals surface area contributed by atoms with Crippen molar-refractivity contribution in [3.05, 3.63) is 35.9 Å². The van der Waals surface area contributed by atoms with Gasteiger partial charge >= 0.3 is 0 Å². The van der Waals surface area contributed by atoms with Crippen molar-refractivity contribution in [2.24, 2.45) is 11.7 Å². The number of hydrogen-bond donors (Lipinski definition) is 3. The minimum atomic E-state index is -0.763. The fourth-order valence-corrected chi connectivity index (χ4v) is 2.46. The quantitative estimate of drug-likeness (QED) is 0.631. The lowest BCUT2D eigenvalue weighted by Crippen LogP contribution is -2.53. The highest BCUT2D eigenvalue weighted by atomic mass is 16.2. The van der Waals surface area contributed by atoms with Crippen LogP contribution in [0.25, 0.3) is 0 Å². The largest absolute Gasteiger partial charge is 0.368 e. The summed E-state index contributed by atoms with van der Waals surface area (Å²) in [5, 5.41) is 5.30. The van der Waals surface area contributed by atoms with Gasteiger partial charge in [-0.05, 0) is 30.7 Å². The fourth-order valence-electron chi connectivity index (χ4n) is 2.46. The molecule has 0 aliphatic rings. The van der Waals surface area contributed by atoms with E-state index in [9.17, 15) is 14.4 Å². The number of rotatable bonds is 9.